The van der Waals surface area contributed by atoms with Gasteiger partial charge in [-0.3, -0.25) is 9.36 Å². The molecule has 0 spiro atoms. The first kappa shape index (κ1) is 22.6. The minimum atomic E-state index is -4.74. The van der Waals surface area contributed by atoms with Crippen LogP contribution in [0.3, 0.4) is 0 Å². The average molecular weight is 483 g/mol. The van der Waals surface area contributed by atoms with E-state index >= 15 is 0 Å². The predicted octanol–water partition coefficient (Wildman–Crippen LogP) is 5.04. The summed E-state index contributed by atoms with van der Waals surface area (Å²) < 4.78 is 65.0. The highest BCUT2D eigenvalue weighted by atomic mass is 35.5. The number of fused-ring (bicyclic) bond motifs is 1. The third kappa shape index (κ3) is 4.07. The van der Waals surface area contributed by atoms with Crippen LogP contribution in [0.2, 0.25) is 5.02 Å². The van der Waals surface area contributed by atoms with Crippen LogP contribution in [-0.4, -0.2) is 18.9 Å². The van der Waals surface area contributed by atoms with Gasteiger partial charge < -0.3 is 0 Å². The van der Waals surface area contributed by atoms with Crippen molar-refractivity contribution in [2.75, 3.05) is 0 Å². The summed E-state index contributed by atoms with van der Waals surface area (Å²) in [6, 6.07) is 9.09. The number of hydrogen-bond acceptors (Lipinski definition) is 3. The lowest BCUT2D eigenvalue weighted by molar-refractivity contribution is -0.137. The fourth-order valence-corrected chi connectivity index (χ4v) is 4.85. The number of primary sulfonamides is 1. The first-order valence-electron chi connectivity index (χ1n) is 9.75. The fourth-order valence-electron chi connectivity index (χ4n) is 4.08. The minimum Gasteiger partial charge on any atom is -0.287 e. The molecule has 2 N–H and O–H groups in total. The second-order valence-corrected chi connectivity index (χ2v) is 9.55. The molecule has 0 fully saturated rings. The molecule has 32 heavy (non-hydrogen) atoms. The molecule has 1 aromatic heterocycles. The summed E-state index contributed by atoms with van der Waals surface area (Å²) in [5, 5.41) is 4.87. The number of aromatic nitrogens is 1. The molecule has 4 rings (SSSR count). The van der Waals surface area contributed by atoms with E-state index in [2.05, 4.69) is 0 Å². The van der Waals surface area contributed by atoms with Crippen molar-refractivity contribution in [2.24, 2.45) is 5.14 Å². The number of sulfonamides is 1. The zero-order chi connectivity index (χ0) is 23.3. The first-order chi connectivity index (χ1) is 15.0. The van der Waals surface area contributed by atoms with Gasteiger partial charge in [0.2, 0.25) is 10.0 Å². The van der Waals surface area contributed by atoms with Gasteiger partial charge >= 0.3 is 6.18 Å². The van der Waals surface area contributed by atoms with Gasteiger partial charge in [0, 0.05) is 17.5 Å². The molecule has 0 unspecified atom stereocenters. The van der Waals surface area contributed by atoms with Crippen molar-refractivity contribution >= 4 is 27.5 Å². The Balaban J connectivity index is 1.86. The fraction of sp³-hybridized carbons (Fsp3) is 0.227. The van der Waals surface area contributed by atoms with Crippen LogP contribution in [0.4, 0.5) is 13.2 Å². The van der Waals surface area contributed by atoms with Crippen molar-refractivity contribution in [2.45, 2.75) is 36.8 Å². The maximum atomic E-state index is 13.6. The molecule has 0 saturated carbocycles. The molecule has 0 atom stereocenters. The summed E-state index contributed by atoms with van der Waals surface area (Å²) >= 11 is 6.04. The smallest absolute Gasteiger partial charge is 0.287 e. The number of hydrogen-bond donors (Lipinski definition) is 1. The van der Waals surface area contributed by atoms with E-state index in [0.29, 0.717) is 29.7 Å². The molecule has 168 valence electrons. The monoisotopic (exact) mass is 482 g/mol. The molecular formula is C22H18ClF3N2O3S. The average Bonchev–Trinajstić information content (AvgIpc) is 3.12. The molecule has 10 heteroatoms. The highest BCUT2D eigenvalue weighted by Gasteiger charge is 2.37. The Bertz CT molecular complexity index is 1310. The second kappa shape index (κ2) is 8.06. The molecule has 1 aliphatic rings. The number of nitrogens with zero attached hydrogens (tertiary/aromatic N) is 1. The van der Waals surface area contributed by atoms with Gasteiger partial charge in [0.1, 0.15) is 0 Å². The van der Waals surface area contributed by atoms with Crippen LogP contribution in [0.1, 0.15) is 40.0 Å². The summed E-state index contributed by atoms with van der Waals surface area (Å²) in [6.45, 7) is 0. The number of carbonyl (C=O) groups excluding carboxylic acids is 1. The maximum absolute atomic E-state index is 13.6. The number of benzene rings is 2. The van der Waals surface area contributed by atoms with Crippen molar-refractivity contribution in [3.8, 4) is 11.1 Å². The molecule has 0 bridgehead atoms. The first-order valence-corrected chi connectivity index (χ1v) is 11.7. The Morgan fingerprint density at radius 3 is 2.31 bits per heavy atom. The van der Waals surface area contributed by atoms with Crippen LogP contribution in [-0.2, 0) is 29.0 Å². The highest BCUT2D eigenvalue weighted by molar-refractivity contribution is 7.89. The predicted molar refractivity (Wildman–Crippen MR) is 114 cm³/mol. The van der Waals surface area contributed by atoms with Crippen molar-refractivity contribution in [3.63, 3.8) is 0 Å². The van der Waals surface area contributed by atoms with Crippen LogP contribution >= 0.6 is 11.6 Å². The van der Waals surface area contributed by atoms with Gasteiger partial charge in [-0.2, -0.15) is 13.2 Å². The van der Waals surface area contributed by atoms with E-state index in [1.807, 2.05) is 0 Å². The zero-order valence-electron chi connectivity index (χ0n) is 16.6. The summed E-state index contributed by atoms with van der Waals surface area (Å²) in [5.41, 5.74) is 1.11. The summed E-state index contributed by atoms with van der Waals surface area (Å²) in [5.74, 6) is -0.853. The van der Waals surface area contributed by atoms with Gasteiger partial charge in [-0.15, -0.1) is 0 Å². The molecule has 2 aromatic carbocycles. The lowest BCUT2D eigenvalue weighted by Gasteiger charge is -2.18. The van der Waals surface area contributed by atoms with Gasteiger partial charge in [0.25, 0.3) is 5.91 Å². The Morgan fingerprint density at radius 2 is 1.69 bits per heavy atom. The Labute approximate surface area is 187 Å². The number of rotatable bonds is 3. The standard InChI is InChI=1S/C22H18ClF3N2O3S/c23-18-6-3-5-17(22(24,25)26)20(18)21(29)28-12-16(15-4-1-2-7-19(15)28)13-8-10-14(11-9-13)32(27,30)31/h3,5-6,8-12H,1-2,4,7H2,(H2,27,30,31). The van der Waals surface area contributed by atoms with E-state index in [9.17, 15) is 26.4 Å². The molecule has 0 amide bonds. The van der Waals surface area contributed by atoms with Crippen LogP contribution in [0.15, 0.2) is 53.6 Å². The molecule has 1 heterocycles. The number of carbonyl (C=O) groups is 1. The van der Waals surface area contributed by atoms with Crippen molar-refractivity contribution in [1.29, 1.82) is 0 Å². The summed E-state index contributed by atoms with van der Waals surface area (Å²) in [4.78, 5) is 13.3. The van der Waals surface area contributed by atoms with Crippen LogP contribution in [0.25, 0.3) is 11.1 Å². The topological polar surface area (TPSA) is 82.2 Å². The molecular weight excluding hydrogens is 465 g/mol. The van der Waals surface area contributed by atoms with Crippen molar-refractivity contribution < 1.29 is 26.4 Å². The number of alkyl halides is 3. The number of halogens is 4. The summed E-state index contributed by atoms with van der Waals surface area (Å²) in [6.07, 6.45) is -0.391. The van der Waals surface area contributed by atoms with Crippen molar-refractivity contribution in [1.82, 2.24) is 4.57 Å². The Morgan fingerprint density at radius 1 is 1.03 bits per heavy atom. The van der Waals surface area contributed by atoms with Crippen molar-refractivity contribution in [3.05, 3.63) is 76.1 Å². The Hall–Kier alpha value is -2.62. The van der Waals surface area contributed by atoms with E-state index in [1.165, 1.54) is 29.0 Å². The Kier molecular flexibility index (Phi) is 5.68. The lowest BCUT2D eigenvalue weighted by Crippen LogP contribution is -2.21. The molecule has 5 nitrogen and oxygen atoms in total. The zero-order valence-corrected chi connectivity index (χ0v) is 18.2. The van der Waals surface area contributed by atoms with Gasteiger partial charge in [0.15, 0.2) is 0 Å². The molecule has 1 aliphatic carbocycles. The third-order valence-electron chi connectivity index (χ3n) is 5.56. The third-order valence-corrected chi connectivity index (χ3v) is 6.80. The van der Waals surface area contributed by atoms with Crippen LogP contribution in [0.5, 0.6) is 0 Å². The second-order valence-electron chi connectivity index (χ2n) is 7.58. The quantitative estimate of drug-likeness (QED) is 0.567. The van der Waals surface area contributed by atoms with Gasteiger partial charge in [-0.05, 0) is 61.1 Å². The summed E-state index contributed by atoms with van der Waals surface area (Å²) in [7, 11) is -3.87. The molecule has 0 aliphatic heterocycles. The molecule has 3 aromatic rings. The van der Waals surface area contributed by atoms with E-state index in [0.717, 1.165) is 30.5 Å². The van der Waals surface area contributed by atoms with Gasteiger partial charge in [-0.25, -0.2) is 13.6 Å². The SMILES string of the molecule is NS(=O)(=O)c1ccc(-c2cn(C(=O)c3c(Cl)cccc3C(F)(F)F)c3c2CCCC3)cc1. The van der Waals surface area contributed by atoms with Gasteiger partial charge in [0.05, 0.1) is 21.0 Å². The van der Waals surface area contributed by atoms with Crippen LogP contribution < -0.4 is 5.14 Å². The number of nitrogens with two attached hydrogens (primary N) is 1. The van der Waals surface area contributed by atoms with E-state index in [-0.39, 0.29) is 9.92 Å². The lowest BCUT2D eigenvalue weighted by atomic mass is 9.92. The van der Waals surface area contributed by atoms with E-state index in [4.69, 9.17) is 16.7 Å². The van der Waals surface area contributed by atoms with Crippen LogP contribution in [0, 0.1) is 0 Å². The van der Waals surface area contributed by atoms with Gasteiger partial charge in [-0.1, -0.05) is 29.8 Å². The molecule has 0 radical (unpaired) electrons. The highest BCUT2D eigenvalue weighted by Crippen LogP contribution is 2.38. The largest absolute Gasteiger partial charge is 0.417 e. The maximum Gasteiger partial charge on any atom is 0.417 e. The normalized spacial score (nSPS) is 14.3. The minimum absolute atomic E-state index is 0.0588. The van der Waals surface area contributed by atoms with E-state index < -0.39 is 33.2 Å². The van der Waals surface area contributed by atoms with E-state index in [1.54, 1.807) is 12.1 Å². The molecule has 0 saturated heterocycles.